The van der Waals surface area contributed by atoms with Gasteiger partial charge in [0.2, 0.25) is 0 Å². The molecule has 0 unspecified atom stereocenters. The molecule has 1 aliphatic rings. The highest BCUT2D eigenvalue weighted by atomic mass is 19.4. The number of nitrogens with one attached hydrogen (secondary N) is 1. The molecule has 3 heterocycles. The maximum atomic E-state index is 13.1. The lowest BCUT2D eigenvalue weighted by Crippen LogP contribution is -2.38. The van der Waals surface area contributed by atoms with Crippen LogP contribution in [0.25, 0.3) is 11.4 Å². The largest absolute Gasteiger partial charge is 0.416 e. The Morgan fingerprint density at radius 1 is 1.21 bits per heavy atom. The molecule has 0 fully saturated rings. The highest BCUT2D eigenvalue weighted by Gasteiger charge is 2.39. The van der Waals surface area contributed by atoms with Gasteiger partial charge in [-0.15, -0.1) is 5.10 Å². The summed E-state index contributed by atoms with van der Waals surface area (Å²) in [5.41, 5.74) is 1.57. The van der Waals surface area contributed by atoms with Crippen LogP contribution in [0.3, 0.4) is 0 Å². The first-order valence-corrected chi connectivity index (χ1v) is 9.31. The van der Waals surface area contributed by atoms with Crippen LogP contribution in [-0.2, 0) is 18.1 Å². The van der Waals surface area contributed by atoms with Crippen molar-refractivity contribution < 1.29 is 13.2 Å². The molecule has 0 saturated carbocycles. The van der Waals surface area contributed by atoms with Crippen molar-refractivity contribution in [1.29, 1.82) is 0 Å². The molecule has 9 heteroatoms. The van der Waals surface area contributed by atoms with Gasteiger partial charge in [0.25, 0.3) is 5.56 Å². The summed E-state index contributed by atoms with van der Waals surface area (Å²) in [7, 11) is 0. The van der Waals surface area contributed by atoms with E-state index in [4.69, 9.17) is 0 Å². The molecule has 152 valence electrons. The van der Waals surface area contributed by atoms with Crippen LogP contribution in [0.4, 0.5) is 13.2 Å². The van der Waals surface area contributed by atoms with Crippen LogP contribution < -0.4 is 5.56 Å². The summed E-state index contributed by atoms with van der Waals surface area (Å²) in [6.45, 7) is 5.33. The average molecular weight is 403 g/mol. The summed E-state index contributed by atoms with van der Waals surface area (Å²) >= 11 is 0. The molecule has 0 spiro atoms. The summed E-state index contributed by atoms with van der Waals surface area (Å²) < 4.78 is 41.0. The van der Waals surface area contributed by atoms with Crippen molar-refractivity contribution in [2.75, 3.05) is 0 Å². The Hall–Kier alpha value is -2.97. The Morgan fingerprint density at radius 3 is 2.62 bits per heavy atom. The maximum absolute atomic E-state index is 13.1. The van der Waals surface area contributed by atoms with Gasteiger partial charge in [-0.1, -0.05) is 11.3 Å². The van der Waals surface area contributed by atoms with Gasteiger partial charge in [-0.3, -0.25) is 4.79 Å². The molecule has 0 aliphatic carbocycles. The number of halogens is 3. The van der Waals surface area contributed by atoms with Crippen molar-refractivity contribution in [3.05, 3.63) is 62.8 Å². The lowest BCUT2D eigenvalue weighted by atomic mass is 9.81. The first kappa shape index (κ1) is 19.4. The number of nitrogens with zero attached hydrogens (tertiary/aromatic N) is 4. The molecule has 1 aliphatic heterocycles. The summed E-state index contributed by atoms with van der Waals surface area (Å²) in [6.07, 6.45) is -2.15. The standard InChI is InChI=1S/C20H20F3N5O/c1-11-9-13(20(21,22)23)6-7-14(11)19(3)8-4-5-16-18(26-27-28(16)19)15-10-17(29)25-12(2)24-15/h6-7,9-10H,4-5,8H2,1-3H3,(H,24,25,29)/t19-/m0/s1. The third-order valence-electron chi connectivity index (χ3n) is 5.54. The fourth-order valence-electron chi connectivity index (χ4n) is 4.22. The number of aromatic amines is 1. The summed E-state index contributed by atoms with van der Waals surface area (Å²) in [4.78, 5) is 18.8. The zero-order chi connectivity index (χ0) is 21.0. The van der Waals surface area contributed by atoms with Crippen LogP contribution >= 0.6 is 0 Å². The minimum Gasteiger partial charge on any atom is -0.311 e. The van der Waals surface area contributed by atoms with E-state index in [2.05, 4.69) is 20.3 Å². The summed E-state index contributed by atoms with van der Waals surface area (Å²) in [5, 5.41) is 8.60. The van der Waals surface area contributed by atoms with E-state index in [1.807, 2.05) is 6.92 Å². The van der Waals surface area contributed by atoms with Gasteiger partial charge in [-0.25, -0.2) is 9.67 Å². The predicted octanol–water partition coefficient (Wildman–Crippen LogP) is 3.76. The van der Waals surface area contributed by atoms with Crippen molar-refractivity contribution in [2.24, 2.45) is 0 Å². The third-order valence-corrected chi connectivity index (χ3v) is 5.54. The zero-order valence-electron chi connectivity index (χ0n) is 16.3. The first-order chi connectivity index (χ1) is 13.6. The normalized spacial score (nSPS) is 19.2. The maximum Gasteiger partial charge on any atom is 0.416 e. The van der Waals surface area contributed by atoms with Crippen molar-refractivity contribution in [3.8, 4) is 11.4 Å². The van der Waals surface area contributed by atoms with Crippen molar-refractivity contribution in [2.45, 2.75) is 51.7 Å². The number of fused-ring (bicyclic) bond motifs is 1. The Balaban J connectivity index is 1.84. The number of H-pyrrole nitrogens is 1. The molecular weight excluding hydrogens is 383 g/mol. The van der Waals surface area contributed by atoms with Crippen LogP contribution in [0.2, 0.25) is 0 Å². The third kappa shape index (κ3) is 3.24. The van der Waals surface area contributed by atoms with Gasteiger partial charge in [-0.2, -0.15) is 13.2 Å². The topological polar surface area (TPSA) is 76.5 Å². The van der Waals surface area contributed by atoms with Crippen molar-refractivity contribution >= 4 is 0 Å². The summed E-state index contributed by atoms with van der Waals surface area (Å²) in [6, 6.07) is 5.20. The SMILES string of the molecule is Cc1nc(-c2nnn3c2CCC[C@@]3(C)c2ccc(C(F)(F)F)cc2C)cc(=O)[nH]1. The predicted molar refractivity (Wildman–Crippen MR) is 100 cm³/mol. The number of alkyl halides is 3. The van der Waals surface area contributed by atoms with Crippen LogP contribution in [0.15, 0.2) is 29.1 Å². The molecule has 2 aromatic heterocycles. The van der Waals surface area contributed by atoms with E-state index in [0.717, 1.165) is 30.2 Å². The van der Waals surface area contributed by atoms with E-state index in [-0.39, 0.29) is 5.56 Å². The molecule has 0 saturated heterocycles. The molecule has 1 aromatic carbocycles. The van der Waals surface area contributed by atoms with E-state index in [1.54, 1.807) is 18.5 Å². The fraction of sp³-hybridized carbons (Fsp3) is 0.400. The lowest BCUT2D eigenvalue weighted by molar-refractivity contribution is -0.137. The second kappa shape index (κ2) is 6.53. The first-order valence-electron chi connectivity index (χ1n) is 9.31. The Kier molecular flexibility index (Phi) is 4.36. The molecule has 1 N–H and O–H groups in total. The smallest absolute Gasteiger partial charge is 0.311 e. The van der Waals surface area contributed by atoms with Gasteiger partial charge in [-0.05, 0) is 63.3 Å². The van der Waals surface area contributed by atoms with E-state index in [9.17, 15) is 18.0 Å². The fourth-order valence-corrected chi connectivity index (χ4v) is 4.22. The van der Waals surface area contributed by atoms with Crippen molar-refractivity contribution in [1.82, 2.24) is 25.0 Å². The molecule has 0 amide bonds. The molecular formula is C20H20F3N5O. The van der Waals surface area contributed by atoms with Gasteiger partial charge in [0.1, 0.15) is 17.2 Å². The highest BCUT2D eigenvalue weighted by Crippen LogP contribution is 2.41. The molecule has 6 nitrogen and oxygen atoms in total. The lowest BCUT2D eigenvalue weighted by Gasteiger charge is -2.36. The highest BCUT2D eigenvalue weighted by molar-refractivity contribution is 5.57. The number of rotatable bonds is 2. The van der Waals surface area contributed by atoms with Crippen LogP contribution in [-0.4, -0.2) is 25.0 Å². The van der Waals surface area contributed by atoms with Crippen LogP contribution in [0.5, 0.6) is 0 Å². The second-order valence-corrected chi connectivity index (χ2v) is 7.67. The molecule has 4 rings (SSSR count). The van der Waals surface area contributed by atoms with E-state index in [0.29, 0.717) is 29.2 Å². The minimum absolute atomic E-state index is 0.272. The van der Waals surface area contributed by atoms with Crippen molar-refractivity contribution in [3.63, 3.8) is 0 Å². The molecule has 29 heavy (non-hydrogen) atoms. The van der Waals surface area contributed by atoms with Crippen LogP contribution in [0.1, 0.15) is 48.0 Å². The quantitative estimate of drug-likeness (QED) is 0.707. The second-order valence-electron chi connectivity index (χ2n) is 7.67. The van der Waals surface area contributed by atoms with Gasteiger partial charge >= 0.3 is 6.18 Å². The Bertz CT molecular complexity index is 1150. The van der Waals surface area contributed by atoms with Gasteiger partial charge in [0, 0.05) is 6.07 Å². The number of aryl methyl sites for hydroxylation is 2. The zero-order valence-corrected chi connectivity index (χ0v) is 16.3. The van der Waals surface area contributed by atoms with E-state index < -0.39 is 17.3 Å². The number of hydrogen-bond donors (Lipinski definition) is 1. The Labute approximate surface area is 164 Å². The van der Waals surface area contributed by atoms with Gasteiger partial charge < -0.3 is 4.98 Å². The van der Waals surface area contributed by atoms with E-state index in [1.165, 1.54) is 18.2 Å². The van der Waals surface area contributed by atoms with Gasteiger partial charge in [0.15, 0.2) is 0 Å². The monoisotopic (exact) mass is 403 g/mol. The summed E-state index contributed by atoms with van der Waals surface area (Å²) in [5.74, 6) is 0.478. The number of benzene rings is 1. The number of aromatic nitrogens is 5. The molecule has 0 radical (unpaired) electrons. The minimum atomic E-state index is -4.38. The molecule has 1 atom stereocenters. The van der Waals surface area contributed by atoms with Crippen LogP contribution in [0, 0.1) is 13.8 Å². The number of hydrogen-bond acceptors (Lipinski definition) is 4. The molecule has 3 aromatic rings. The average Bonchev–Trinajstić information content (AvgIpc) is 3.05. The Morgan fingerprint density at radius 2 is 1.97 bits per heavy atom. The molecule has 0 bridgehead atoms. The van der Waals surface area contributed by atoms with E-state index >= 15 is 0 Å². The van der Waals surface area contributed by atoms with Gasteiger partial charge in [0.05, 0.1) is 16.8 Å².